The Kier molecular flexibility index (Phi) is 4.56. The van der Waals surface area contributed by atoms with Gasteiger partial charge in [-0.05, 0) is 36.6 Å². The molecule has 0 spiro atoms. The summed E-state index contributed by atoms with van der Waals surface area (Å²) in [4.78, 5) is 15.0. The Morgan fingerprint density at radius 3 is 3.10 bits per heavy atom. The first-order valence-electron chi connectivity index (χ1n) is 8.06. The third-order valence-electron chi connectivity index (χ3n) is 4.79. The Bertz CT molecular complexity index is 503. The van der Waals surface area contributed by atoms with E-state index in [-0.39, 0.29) is 11.8 Å². The van der Waals surface area contributed by atoms with Crippen molar-refractivity contribution in [3.63, 3.8) is 0 Å². The molecule has 2 N–H and O–H groups in total. The number of amides is 1. The topological polar surface area (TPSA) is 44.4 Å². The van der Waals surface area contributed by atoms with Gasteiger partial charge in [0.1, 0.15) is 0 Å². The van der Waals surface area contributed by atoms with Crippen molar-refractivity contribution in [3.05, 3.63) is 35.4 Å². The molecule has 3 rings (SSSR count). The number of likely N-dealkylation sites (tertiary alicyclic amines) is 1. The minimum atomic E-state index is -0.0429. The van der Waals surface area contributed by atoms with Crippen molar-refractivity contribution in [1.29, 1.82) is 0 Å². The van der Waals surface area contributed by atoms with E-state index in [9.17, 15) is 4.79 Å². The van der Waals surface area contributed by atoms with Crippen molar-refractivity contribution in [2.75, 3.05) is 32.7 Å². The standard InChI is InChI=1S/C17H25N3O/c1-2-20-8-7-13(12-20)9-19-17(21)16-11-18-10-14-5-3-4-6-15(14)16/h3-6,13,16,18H,2,7-12H2,1H3,(H,19,21). The molecule has 1 amide bonds. The Morgan fingerprint density at radius 1 is 1.43 bits per heavy atom. The molecule has 2 heterocycles. The fourth-order valence-corrected chi connectivity index (χ4v) is 3.47. The molecule has 0 radical (unpaired) electrons. The number of carbonyl (C=O) groups is 1. The maximum atomic E-state index is 12.5. The largest absolute Gasteiger partial charge is 0.355 e. The Hall–Kier alpha value is -1.39. The van der Waals surface area contributed by atoms with Crippen LogP contribution in [0, 0.1) is 5.92 Å². The highest BCUT2D eigenvalue weighted by atomic mass is 16.1. The molecule has 2 atom stereocenters. The second-order valence-electron chi connectivity index (χ2n) is 6.18. The van der Waals surface area contributed by atoms with Crippen LogP contribution < -0.4 is 10.6 Å². The lowest BCUT2D eigenvalue weighted by atomic mass is 9.90. The predicted octanol–water partition coefficient (Wildman–Crippen LogP) is 1.33. The van der Waals surface area contributed by atoms with E-state index in [0.717, 1.165) is 32.7 Å². The molecule has 0 bridgehead atoms. The molecule has 2 aliphatic heterocycles. The van der Waals surface area contributed by atoms with Gasteiger partial charge in [-0.1, -0.05) is 31.2 Å². The number of rotatable bonds is 4. The van der Waals surface area contributed by atoms with Crippen molar-refractivity contribution < 1.29 is 4.79 Å². The molecule has 2 unspecified atom stereocenters. The molecular weight excluding hydrogens is 262 g/mol. The van der Waals surface area contributed by atoms with Gasteiger partial charge in [0.05, 0.1) is 5.92 Å². The minimum Gasteiger partial charge on any atom is -0.355 e. The summed E-state index contributed by atoms with van der Waals surface area (Å²) in [7, 11) is 0. The smallest absolute Gasteiger partial charge is 0.228 e. The van der Waals surface area contributed by atoms with Gasteiger partial charge in [-0.3, -0.25) is 4.79 Å². The summed E-state index contributed by atoms with van der Waals surface area (Å²) in [5.41, 5.74) is 2.44. The van der Waals surface area contributed by atoms with Crippen LogP contribution in [-0.4, -0.2) is 43.5 Å². The number of hydrogen-bond donors (Lipinski definition) is 2. The zero-order valence-electron chi connectivity index (χ0n) is 12.8. The lowest BCUT2D eigenvalue weighted by molar-refractivity contribution is -0.122. The van der Waals surface area contributed by atoms with Gasteiger partial charge in [-0.25, -0.2) is 0 Å². The number of nitrogens with one attached hydrogen (secondary N) is 2. The highest BCUT2D eigenvalue weighted by molar-refractivity contribution is 5.84. The number of fused-ring (bicyclic) bond motifs is 1. The third kappa shape index (κ3) is 3.27. The van der Waals surface area contributed by atoms with Crippen LogP contribution in [0.1, 0.15) is 30.4 Å². The molecule has 4 nitrogen and oxygen atoms in total. The molecule has 1 fully saturated rings. The quantitative estimate of drug-likeness (QED) is 0.878. The van der Waals surface area contributed by atoms with Crippen molar-refractivity contribution in [2.24, 2.45) is 5.92 Å². The lowest BCUT2D eigenvalue weighted by Crippen LogP contribution is -2.40. The van der Waals surface area contributed by atoms with E-state index in [2.05, 4.69) is 34.6 Å². The van der Waals surface area contributed by atoms with Crippen LogP contribution in [0.2, 0.25) is 0 Å². The molecule has 114 valence electrons. The first-order valence-corrected chi connectivity index (χ1v) is 8.06. The monoisotopic (exact) mass is 287 g/mol. The van der Waals surface area contributed by atoms with E-state index in [4.69, 9.17) is 0 Å². The summed E-state index contributed by atoms with van der Waals surface area (Å²) in [6.07, 6.45) is 1.20. The van der Waals surface area contributed by atoms with Crippen molar-refractivity contribution in [3.8, 4) is 0 Å². The van der Waals surface area contributed by atoms with Crippen LogP contribution in [-0.2, 0) is 11.3 Å². The Balaban J connectivity index is 1.57. The number of hydrogen-bond acceptors (Lipinski definition) is 3. The van der Waals surface area contributed by atoms with E-state index in [1.807, 2.05) is 12.1 Å². The summed E-state index contributed by atoms with van der Waals surface area (Å²) in [5.74, 6) is 0.740. The molecular formula is C17H25N3O. The van der Waals surface area contributed by atoms with Gasteiger partial charge in [0, 0.05) is 26.2 Å². The second kappa shape index (κ2) is 6.58. The molecule has 1 saturated heterocycles. The van der Waals surface area contributed by atoms with Gasteiger partial charge in [-0.2, -0.15) is 0 Å². The van der Waals surface area contributed by atoms with E-state index >= 15 is 0 Å². The fraction of sp³-hybridized carbons (Fsp3) is 0.588. The highest BCUT2D eigenvalue weighted by Gasteiger charge is 2.27. The maximum Gasteiger partial charge on any atom is 0.228 e. The van der Waals surface area contributed by atoms with Crippen LogP contribution in [0.3, 0.4) is 0 Å². The second-order valence-corrected chi connectivity index (χ2v) is 6.18. The maximum absolute atomic E-state index is 12.5. The lowest BCUT2D eigenvalue weighted by Gasteiger charge is -2.26. The third-order valence-corrected chi connectivity index (χ3v) is 4.79. The van der Waals surface area contributed by atoms with Crippen LogP contribution in [0.4, 0.5) is 0 Å². The normalized spacial score (nSPS) is 25.6. The van der Waals surface area contributed by atoms with Crippen LogP contribution in [0.15, 0.2) is 24.3 Å². The van der Waals surface area contributed by atoms with Gasteiger partial charge < -0.3 is 15.5 Å². The molecule has 0 aromatic heterocycles. The summed E-state index contributed by atoms with van der Waals surface area (Å²) in [5, 5.41) is 6.52. The van der Waals surface area contributed by atoms with Gasteiger partial charge in [0.15, 0.2) is 0 Å². The Morgan fingerprint density at radius 2 is 2.29 bits per heavy atom. The van der Waals surface area contributed by atoms with Gasteiger partial charge in [-0.15, -0.1) is 0 Å². The van der Waals surface area contributed by atoms with Crippen molar-refractivity contribution in [2.45, 2.75) is 25.8 Å². The van der Waals surface area contributed by atoms with Gasteiger partial charge in [0.25, 0.3) is 0 Å². The zero-order valence-corrected chi connectivity index (χ0v) is 12.8. The average Bonchev–Trinajstić information content (AvgIpc) is 3.00. The molecule has 2 aliphatic rings. The molecule has 0 aliphatic carbocycles. The number of benzene rings is 1. The summed E-state index contributed by atoms with van der Waals surface area (Å²) >= 11 is 0. The average molecular weight is 287 g/mol. The predicted molar refractivity (Wildman–Crippen MR) is 84.1 cm³/mol. The van der Waals surface area contributed by atoms with Gasteiger partial charge in [0.2, 0.25) is 5.91 Å². The number of nitrogens with zero attached hydrogens (tertiary/aromatic N) is 1. The van der Waals surface area contributed by atoms with Crippen LogP contribution in [0.25, 0.3) is 0 Å². The van der Waals surface area contributed by atoms with E-state index < -0.39 is 0 Å². The molecule has 21 heavy (non-hydrogen) atoms. The van der Waals surface area contributed by atoms with Crippen molar-refractivity contribution in [1.82, 2.24) is 15.5 Å². The minimum absolute atomic E-state index is 0.0429. The first-order chi connectivity index (χ1) is 10.3. The zero-order chi connectivity index (χ0) is 14.7. The molecule has 1 aromatic carbocycles. The molecule has 4 heteroatoms. The fourth-order valence-electron chi connectivity index (χ4n) is 3.47. The summed E-state index contributed by atoms with van der Waals surface area (Å²) in [6.45, 7) is 8.04. The highest BCUT2D eigenvalue weighted by Crippen LogP contribution is 2.24. The van der Waals surface area contributed by atoms with Gasteiger partial charge >= 0.3 is 0 Å². The van der Waals surface area contributed by atoms with E-state index in [1.54, 1.807) is 0 Å². The summed E-state index contributed by atoms with van der Waals surface area (Å²) < 4.78 is 0. The van der Waals surface area contributed by atoms with Crippen LogP contribution >= 0.6 is 0 Å². The van der Waals surface area contributed by atoms with Crippen LogP contribution in [0.5, 0.6) is 0 Å². The SMILES string of the molecule is CCN1CCC(CNC(=O)C2CNCc3ccccc32)C1. The molecule has 0 saturated carbocycles. The van der Waals surface area contributed by atoms with Crippen molar-refractivity contribution >= 4 is 5.91 Å². The molecule has 1 aromatic rings. The van der Waals surface area contributed by atoms with E-state index in [1.165, 1.54) is 24.1 Å². The first kappa shape index (κ1) is 14.5. The Labute approximate surface area is 126 Å². The summed E-state index contributed by atoms with van der Waals surface area (Å²) in [6, 6.07) is 8.27. The van der Waals surface area contributed by atoms with E-state index in [0.29, 0.717) is 5.92 Å². The number of carbonyl (C=O) groups excluding carboxylic acids is 1.